The van der Waals surface area contributed by atoms with E-state index in [9.17, 15) is 14.7 Å². The lowest BCUT2D eigenvalue weighted by Crippen LogP contribution is -2.17. The van der Waals surface area contributed by atoms with Crippen molar-refractivity contribution in [1.29, 1.82) is 0 Å². The molecule has 2 N–H and O–H groups in total. The second-order valence-electron chi connectivity index (χ2n) is 6.32. The SMILES string of the molecule is COc1cc(/C=N/NC(=O)c2ccc(O)cc2)ccc1OC(=O)/C=C/c1ccccc1. The number of hydrogen-bond acceptors (Lipinski definition) is 6. The van der Waals surface area contributed by atoms with Crippen molar-refractivity contribution in [1.82, 2.24) is 5.43 Å². The molecule has 0 aliphatic heterocycles. The molecule has 1 amide bonds. The normalized spacial score (nSPS) is 10.9. The molecule has 31 heavy (non-hydrogen) atoms. The molecule has 0 bridgehead atoms. The number of phenolic OH excluding ortho intramolecular Hbond substituents is 1. The molecular weight excluding hydrogens is 396 g/mol. The summed E-state index contributed by atoms with van der Waals surface area (Å²) >= 11 is 0. The van der Waals surface area contributed by atoms with Gasteiger partial charge in [0.25, 0.3) is 5.91 Å². The van der Waals surface area contributed by atoms with E-state index in [0.29, 0.717) is 16.9 Å². The van der Waals surface area contributed by atoms with Gasteiger partial charge in [0.1, 0.15) is 5.75 Å². The third-order valence-corrected chi connectivity index (χ3v) is 4.12. The first-order valence-electron chi connectivity index (χ1n) is 9.30. The molecule has 0 aromatic heterocycles. The van der Waals surface area contributed by atoms with E-state index in [2.05, 4.69) is 10.5 Å². The minimum atomic E-state index is -0.537. The molecule has 0 saturated carbocycles. The van der Waals surface area contributed by atoms with E-state index in [1.54, 1.807) is 24.3 Å². The molecule has 0 unspecified atom stereocenters. The molecule has 0 spiro atoms. The average molecular weight is 416 g/mol. The Balaban J connectivity index is 1.61. The Kier molecular flexibility index (Phi) is 7.16. The quantitative estimate of drug-likeness (QED) is 0.201. The van der Waals surface area contributed by atoms with Crippen LogP contribution in [-0.4, -0.2) is 30.3 Å². The van der Waals surface area contributed by atoms with Crippen LogP contribution in [0.5, 0.6) is 17.2 Å². The Labute approximate surface area is 179 Å². The van der Waals surface area contributed by atoms with Crippen molar-refractivity contribution >= 4 is 24.2 Å². The van der Waals surface area contributed by atoms with Crippen LogP contribution in [0.3, 0.4) is 0 Å². The van der Waals surface area contributed by atoms with Gasteiger partial charge >= 0.3 is 5.97 Å². The van der Waals surface area contributed by atoms with Crippen LogP contribution in [0.1, 0.15) is 21.5 Å². The third kappa shape index (κ3) is 6.30. The Hall–Kier alpha value is -4.39. The first-order valence-corrected chi connectivity index (χ1v) is 9.30. The van der Waals surface area contributed by atoms with Crippen LogP contribution in [0.15, 0.2) is 84.0 Å². The highest BCUT2D eigenvalue weighted by atomic mass is 16.6. The monoisotopic (exact) mass is 416 g/mol. The molecule has 3 aromatic carbocycles. The Morgan fingerprint density at radius 1 is 0.935 bits per heavy atom. The van der Waals surface area contributed by atoms with Crippen molar-refractivity contribution in [3.63, 3.8) is 0 Å². The van der Waals surface area contributed by atoms with E-state index in [1.807, 2.05) is 30.3 Å². The summed E-state index contributed by atoms with van der Waals surface area (Å²) < 4.78 is 10.6. The first-order chi connectivity index (χ1) is 15.0. The molecule has 3 aromatic rings. The molecule has 3 rings (SSSR count). The van der Waals surface area contributed by atoms with Gasteiger partial charge in [-0.2, -0.15) is 5.10 Å². The summed E-state index contributed by atoms with van der Waals surface area (Å²) in [5, 5.41) is 13.2. The number of carbonyl (C=O) groups is 2. The van der Waals surface area contributed by atoms with E-state index in [1.165, 1.54) is 43.7 Å². The topological polar surface area (TPSA) is 97.2 Å². The lowest BCUT2D eigenvalue weighted by Gasteiger charge is -2.08. The highest BCUT2D eigenvalue weighted by molar-refractivity contribution is 5.95. The average Bonchev–Trinajstić information content (AvgIpc) is 2.79. The summed E-state index contributed by atoms with van der Waals surface area (Å²) in [6, 6.07) is 20.1. The number of nitrogens with one attached hydrogen (secondary N) is 1. The fraction of sp³-hybridized carbons (Fsp3) is 0.0417. The number of amides is 1. The third-order valence-electron chi connectivity index (χ3n) is 4.12. The molecule has 0 aliphatic carbocycles. The lowest BCUT2D eigenvalue weighted by atomic mass is 10.2. The largest absolute Gasteiger partial charge is 0.508 e. The Bertz CT molecular complexity index is 1110. The van der Waals surface area contributed by atoms with Crippen molar-refractivity contribution in [3.05, 3.63) is 95.6 Å². The summed E-state index contributed by atoms with van der Waals surface area (Å²) in [6.45, 7) is 0. The van der Waals surface area contributed by atoms with Crippen molar-refractivity contribution in [2.75, 3.05) is 7.11 Å². The molecule has 0 saturated heterocycles. The van der Waals surface area contributed by atoms with E-state index in [-0.39, 0.29) is 11.5 Å². The number of esters is 1. The molecule has 0 atom stereocenters. The van der Waals surface area contributed by atoms with Gasteiger partial charge in [-0.05, 0) is 59.7 Å². The maximum Gasteiger partial charge on any atom is 0.336 e. The fourth-order valence-corrected chi connectivity index (χ4v) is 2.56. The summed E-state index contributed by atoms with van der Waals surface area (Å²) in [4.78, 5) is 24.1. The highest BCUT2D eigenvalue weighted by Gasteiger charge is 2.09. The van der Waals surface area contributed by atoms with Crippen molar-refractivity contribution in [3.8, 4) is 17.2 Å². The number of methoxy groups -OCH3 is 1. The fourth-order valence-electron chi connectivity index (χ4n) is 2.56. The number of hydrazone groups is 1. The zero-order valence-electron chi connectivity index (χ0n) is 16.7. The van der Waals surface area contributed by atoms with E-state index in [0.717, 1.165) is 5.56 Å². The summed E-state index contributed by atoms with van der Waals surface area (Å²) in [5.41, 5.74) is 4.27. The number of ether oxygens (including phenoxy) is 2. The molecule has 7 heteroatoms. The Morgan fingerprint density at radius 2 is 1.68 bits per heavy atom. The number of rotatable bonds is 7. The van der Waals surface area contributed by atoms with Gasteiger partial charge in [0.2, 0.25) is 0 Å². The maximum absolute atomic E-state index is 12.1. The summed E-state index contributed by atoms with van der Waals surface area (Å²) in [7, 11) is 1.46. The molecule has 0 heterocycles. The second-order valence-corrected chi connectivity index (χ2v) is 6.32. The minimum absolute atomic E-state index is 0.0727. The molecule has 7 nitrogen and oxygen atoms in total. The van der Waals surface area contributed by atoms with Gasteiger partial charge < -0.3 is 14.6 Å². The number of phenols is 1. The van der Waals surface area contributed by atoms with Crippen LogP contribution in [-0.2, 0) is 4.79 Å². The van der Waals surface area contributed by atoms with Crippen molar-refractivity contribution in [2.45, 2.75) is 0 Å². The Morgan fingerprint density at radius 3 is 2.39 bits per heavy atom. The van der Waals surface area contributed by atoms with Gasteiger partial charge in [-0.15, -0.1) is 0 Å². The van der Waals surface area contributed by atoms with Crippen LogP contribution in [0.25, 0.3) is 6.08 Å². The van der Waals surface area contributed by atoms with Gasteiger partial charge in [-0.25, -0.2) is 10.2 Å². The lowest BCUT2D eigenvalue weighted by molar-refractivity contribution is -0.129. The number of benzene rings is 3. The number of hydrogen-bond donors (Lipinski definition) is 2. The molecule has 0 fully saturated rings. The van der Waals surface area contributed by atoms with Crippen LogP contribution in [0.4, 0.5) is 0 Å². The predicted molar refractivity (Wildman–Crippen MR) is 117 cm³/mol. The van der Waals surface area contributed by atoms with Crippen LogP contribution in [0.2, 0.25) is 0 Å². The van der Waals surface area contributed by atoms with Crippen LogP contribution >= 0.6 is 0 Å². The van der Waals surface area contributed by atoms with Crippen molar-refractivity contribution < 1.29 is 24.2 Å². The van der Waals surface area contributed by atoms with E-state index >= 15 is 0 Å². The molecule has 0 aliphatic rings. The van der Waals surface area contributed by atoms with E-state index in [4.69, 9.17) is 9.47 Å². The smallest absolute Gasteiger partial charge is 0.336 e. The van der Waals surface area contributed by atoms with E-state index < -0.39 is 11.9 Å². The summed E-state index contributed by atoms with van der Waals surface area (Å²) in [5.74, 6) is -0.280. The van der Waals surface area contributed by atoms with Gasteiger partial charge in [0.05, 0.1) is 13.3 Å². The zero-order valence-corrected chi connectivity index (χ0v) is 16.7. The number of carbonyl (C=O) groups excluding carboxylic acids is 2. The number of nitrogens with zero attached hydrogens (tertiary/aromatic N) is 1. The highest BCUT2D eigenvalue weighted by Crippen LogP contribution is 2.27. The molecular formula is C24H20N2O5. The molecule has 0 radical (unpaired) electrons. The van der Waals surface area contributed by atoms with Crippen molar-refractivity contribution in [2.24, 2.45) is 5.10 Å². The predicted octanol–water partition coefficient (Wildman–Crippen LogP) is 3.78. The van der Waals surface area contributed by atoms with Gasteiger partial charge in [-0.3, -0.25) is 4.79 Å². The van der Waals surface area contributed by atoms with Gasteiger partial charge in [0, 0.05) is 11.6 Å². The minimum Gasteiger partial charge on any atom is -0.508 e. The second kappa shape index (κ2) is 10.4. The molecule has 156 valence electrons. The number of aromatic hydroxyl groups is 1. The maximum atomic E-state index is 12.1. The van der Waals surface area contributed by atoms with Crippen LogP contribution < -0.4 is 14.9 Å². The summed E-state index contributed by atoms with van der Waals surface area (Å²) in [6.07, 6.45) is 4.43. The standard InChI is InChI=1S/C24H20N2O5/c1-30-22-15-18(16-25-26-24(29)19-9-11-20(27)12-10-19)7-13-21(22)31-23(28)14-8-17-5-3-2-4-6-17/h2-16,27H,1H3,(H,26,29)/b14-8+,25-16+. The zero-order chi connectivity index (χ0) is 22.1. The van der Waals surface area contributed by atoms with Gasteiger partial charge in [-0.1, -0.05) is 30.3 Å². The first kappa shape index (κ1) is 21.3. The van der Waals surface area contributed by atoms with Crippen LogP contribution in [0, 0.1) is 0 Å². The van der Waals surface area contributed by atoms with Gasteiger partial charge in [0.15, 0.2) is 11.5 Å².